The van der Waals surface area contributed by atoms with Crippen molar-refractivity contribution in [2.45, 2.75) is 13.0 Å². The third-order valence-corrected chi connectivity index (χ3v) is 4.56. The van der Waals surface area contributed by atoms with E-state index in [1.807, 2.05) is 38.4 Å². The summed E-state index contributed by atoms with van der Waals surface area (Å²) in [5.41, 5.74) is 3.30. The zero-order chi connectivity index (χ0) is 17.8. The van der Waals surface area contributed by atoms with Crippen LogP contribution in [0.5, 0.6) is 0 Å². The van der Waals surface area contributed by atoms with Gasteiger partial charge in [-0.25, -0.2) is 4.98 Å². The van der Waals surface area contributed by atoms with Crippen LogP contribution in [0.3, 0.4) is 0 Å². The Kier molecular flexibility index (Phi) is 5.43. The summed E-state index contributed by atoms with van der Waals surface area (Å²) >= 11 is 3.51. The quantitative estimate of drug-likeness (QED) is 0.509. The Morgan fingerprint density at radius 2 is 2.20 bits per heavy atom. The van der Waals surface area contributed by atoms with Gasteiger partial charge in [-0.3, -0.25) is 4.99 Å². The van der Waals surface area contributed by atoms with Gasteiger partial charge in [0.2, 0.25) is 0 Å². The molecule has 0 aliphatic carbocycles. The summed E-state index contributed by atoms with van der Waals surface area (Å²) < 4.78 is 3.20. The highest BCUT2D eigenvalue weighted by Gasteiger charge is 2.10. The van der Waals surface area contributed by atoms with Crippen LogP contribution in [-0.2, 0) is 20.0 Å². The zero-order valence-electron chi connectivity index (χ0n) is 14.8. The normalized spacial score (nSPS) is 11.9. The molecule has 2 heterocycles. The number of imidazole rings is 1. The second-order valence-corrected chi connectivity index (χ2v) is 6.96. The fourth-order valence-corrected chi connectivity index (χ4v) is 3.41. The summed E-state index contributed by atoms with van der Waals surface area (Å²) in [5.74, 6) is 1.85. The standard InChI is InChI=1S/C18H23BrN6/c1-20-18(25(3)12-14-10-13(19)11-24(14)2)21-9-8-17-22-15-6-4-5-7-16(15)23-17/h4-7,10-11H,8-9,12H2,1-3H3,(H,20,21)(H,22,23). The van der Waals surface area contributed by atoms with E-state index in [2.05, 4.69) is 57.9 Å². The van der Waals surface area contributed by atoms with Gasteiger partial charge in [0.25, 0.3) is 0 Å². The number of halogens is 1. The van der Waals surface area contributed by atoms with E-state index < -0.39 is 0 Å². The van der Waals surface area contributed by atoms with Crippen molar-refractivity contribution in [3.63, 3.8) is 0 Å². The van der Waals surface area contributed by atoms with Gasteiger partial charge in [0.15, 0.2) is 5.96 Å². The number of nitrogens with one attached hydrogen (secondary N) is 2. The van der Waals surface area contributed by atoms with Crippen LogP contribution in [0, 0.1) is 0 Å². The van der Waals surface area contributed by atoms with E-state index in [0.29, 0.717) is 0 Å². The molecule has 0 bridgehead atoms. The Labute approximate surface area is 156 Å². The largest absolute Gasteiger partial charge is 0.356 e. The molecule has 25 heavy (non-hydrogen) atoms. The third kappa shape index (κ3) is 4.22. The van der Waals surface area contributed by atoms with Gasteiger partial charge in [0.1, 0.15) is 5.82 Å². The molecule has 3 aromatic rings. The Bertz CT molecular complexity index is 846. The minimum absolute atomic E-state index is 0.771. The lowest BCUT2D eigenvalue weighted by atomic mass is 10.3. The monoisotopic (exact) mass is 402 g/mol. The molecule has 0 radical (unpaired) electrons. The maximum Gasteiger partial charge on any atom is 0.193 e. The van der Waals surface area contributed by atoms with Gasteiger partial charge < -0.3 is 19.8 Å². The summed E-state index contributed by atoms with van der Waals surface area (Å²) in [6.45, 7) is 1.56. The number of hydrogen-bond acceptors (Lipinski definition) is 2. The van der Waals surface area contributed by atoms with Gasteiger partial charge in [-0.1, -0.05) is 12.1 Å². The number of guanidine groups is 1. The van der Waals surface area contributed by atoms with E-state index in [-0.39, 0.29) is 0 Å². The highest BCUT2D eigenvalue weighted by molar-refractivity contribution is 9.10. The van der Waals surface area contributed by atoms with Crippen LogP contribution in [-0.4, -0.2) is 46.0 Å². The first-order valence-electron chi connectivity index (χ1n) is 8.23. The molecule has 0 aliphatic heterocycles. The minimum atomic E-state index is 0.771. The second-order valence-electron chi connectivity index (χ2n) is 6.04. The van der Waals surface area contributed by atoms with Crippen LogP contribution in [0.2, 0.25) is 0 Å². The Morgan fingerprint density at radius 3 is 2.88 bits per heavy atom. The first-order chi connectivity index (χ1) is 12.1. The molecule has 132 valence electrons. The van der Waals surface area contributed by atoms with Gasteiger partial charge in [-0.2, -0.15) is 0 Å². The molecule has 2 aromatic heterocycles. The average Bonchev–Trinajstić information content (AvgIpc) is 3.13. The number of aromatic nitrogens is 3. The first kappa shape index (κ1) is 17.5. The van der Waals surface area contributed by atoms with Crippen molar-refractivity contribution >= 4 is 32.9 Å². The summed E-state index contributed by atoms with van der Waals surface area (Å²) in [6.07, 6.45) is 2.87. The molecule has 0 spiro atoms. The third-order valence-electron chi connectivity index (χ3n) is 4.13. The topological polar surface area (TPSA) is 61.2 Å². The SMILES string of the molecule is CN=C(NCCc1nc2ccccc2[nH]1)N(C)Cc1cc(Br)cn1C. The average molecular weight is 403 g/mol. The van der Waals surface area contributed by atoms with Gasteiger partial charge in [-0.15, -0.1) is 0 Å². The number of benzene rings is 1. The second kappa shape index (κ2) is 7.74. The van der Waals surface area contributed by atoms with E-state index >= 15 is 0 Å². The summed E-state index contributed by atoms with van der Waals surface area (Å²) in [7, 11) is 5.89. The molecule has 0 amide bonds. The van der Waals surface area contributed by atoms with Crippen LogP contribution >= 0.6 is 15.9 Å². The van der Waals surface area contributed by atoms with Crippen molar-refractivity contribution in [3.8, 4) is 0 Å². The van der Waals surface area contributed by atoms with Crippen LogP contribution in [0.4, 0.5) is 0 Å². The molecule has 0 atom stereocenters. The van der Waals surface area contributed by atoms with Gasteiger partial charge in [-0.05, 0) is 34.1 Å². The molecular formula is C18H23BrN6. The van der Waals surface area contributed by atoms with Gasteiger partial charge >= 0.3 is 0 Å². The van der Waals surface area contributed by atoms with Crippen molar-refractivity contribution in [1.29, 1.82) is 0 Å². The van der Waals surface area contributed by atoms with E-state index in [1.165, 1.54) is 5.69 Å². The molecule has 0 saturated heterocycles. The number of aliphatic imine (C=N–C) groups is 1. The Morgan fingerprint density at radius 1 is 1.40 bits per heavy atom. The molecule has 6 nitrogen and oxygen atoms in total. The smallest absolute Gasteiger partial charge is 0.193 e. The molecular weight excluding hydrogens is 380 g/mol. The molecule has 7 heteroatoms. The maximum atomic E-state index is 4.60. The van der Waals surface area contributed by atoms with Crippen molar-refractivity contribution in [3.05, 3.63) is 52.5 Å². The summed E-state index contributed by atoms with van der Waals surface area (Å²) in [6, 6.07) is 10.2. The molecule has 0 aliphatic rings. The lowest BCUT2D eigenvalue weighted by Crippen LogP contribution is -2.39. The van der Waals surface area contributed by atoms with Gasteiger partial charge in [0, 0.05) is 50.5 Å². The van der Waals surface area contributed by atoms with Crippen molar-refractivity contribution < 1.29 is 0 Å². The van der Waals surface area contributed by atoms with Crippen LogP contribution in [0.15, 0.2) is 46.0 Å². The number of hydrogen-bond donors (Lipinski definition) is 2. The fourth-order valence-electron chi connectivity index (χ4n) is 2.84. The van der Waals surface area contributed by atoms with Crippen molar-refractivity contribution in [2.75, 3.05) is 20.6 Å². The predicted octanol–water partition coefficient (Wildman–Crippen LogP) is 2.91. The van der Waals surface area contributed by atoms with Crippen molar-refractivity contribution in [2.24, 2.45) is 12.0 Å². The van der Waals surface area contributed by atoms with Crippen LogP contribution in [0.1, 0.15) is 11.5 Å². The number of para-hydroxylation sites is 2. The summed E-state index contributed by atoms with van der Waals surface area (Å²) in [4.78, 5) is 14.4. The highest BCUT2D eigenvalue weighted by atomic mass is 79.9. The van der Waals surface area contributed by atoms with E-state index in [1.54, 1.807) is 7.05 Å². The van der Waals surface area contributed by atoms with Crippen LogP contribution in [0.25, 0.3) is 11.0 Å². The number of fused-ring (bicyclic) bond motifs is 1. The summed E-state index contributed by atoms with van der Waals surface area (Å²) in [5, 5.41) is 3.40. The first-order valence-corrected chi connectivity index (χ1v) is 9.02. The Hall–Kier alpha value is -2.28. The molecule has 3 rings (SSSR count). The molecule has 2 N–H and O–H groups in total. The van der Waals surface area contributed by atoms with E-state index in [9.17, 15) is 0 Å². The molecule has 0 unspecified atom stereocenters. The van der Waals surface area contributed by atoms with E-state index in [4.69, 9.17) is 0 Å². The number of H-pyrrole nitrogens is 1. The molecule has 0 saturated carbocycles. The van der Waals surface area contributed by atoms with Crippen molar-refractivity contribution in [1.82, 2.24) is 24.8 Å². The highest BCUT2D eigenvalue weighted by Crippen LogP contribution is 2.15. The molecule has 0 fully saturated rings. The van der Waals surface area contributed by atoms with E-state index in [0.717, 1.165) is 46.8 Å². The predicted molar refractivity (Wildman–Crippen MR) is 106 cm³/mol. The number of aromatic amines is 1. The zero-order valence-corrected chi connectivity index (χ0v) is 16.3. The number of aryl methyl sites for hydroxylation is 1. The minimum Gasteiger partial charge on any atom is -0.356 e. The fraction of sp³-hybridized carbons (Fsp3) is 0.333. The molecule has 1 aromatic carbocycles. The Balaban J connectivity index is 1.55. The lowest BCUT2D eigenvalue weighted by Gasteiger charge is -2.22. The number of nitrogens with zero attached hydrogens (tertiary/aromatic N) is 4. The maximum absolute atomic E-state index is 4.60. The number of rotatable bonds is 5. The lowest BCUT2D eigenvalue weighted by molar-refractivity contribution is 0.462. The van der Waals surface area contributed by atoms with Gasteiger partial charge in [0.05, 0.1) is 17.6 Å². The van der Waals surface area contributed by atoms with Crippen LogP contribution < -0.4 is 5.32 Å².